The van der Waals surface area contributed by atoms with Crippen LogP contribution in [0.5, 0.6) is 5.75 Å². The van der Waals surface area contributed by atoms with Crippen LogP contribution < -0.4 is 9.46 Å². The summed E-state index contributed by atoms with van der Waals surface area (Å²) in [5.74, 6) is 1.34. The molecule has 2 rings (SSSR count). The molecule has 0 atom stereocenters. The lowest BCUT2D eigenvalue weighted by Crippen LogP contribution is -2.23. The summed E-state index contributed by atoms with van der Waals surface area (Å²) in [4.78, 5) is 6.76. The normalized spacial score (nSPS) is 11.5. The number of benzene rings is 1. The quantitative estimate of drug-likeness (QED) is 0.845. The van der Waals surface area contributed by atoms with Gasteiger partial charge in [0.05, 0.1) is 13.3 Å². The second kappa shape index (κ2) is 6.06. The molecule has 0 bridgehead atoms. The molecule has 20 heavy (non-hydrogen) atoms. The van der Waals surface area contributed by atoms with E-state index in [4.69, 9.17) is 4.74 Å². The number of ether oxygens (including phenoxy) is 1. The molecule has 1 aromatic carbocycles. The first kappa shape index (κ1) is 14.5. The summed E-state index contributed by atoms with van der Waals surface area (Å²) >= 11 is 0. The van der Waals surface area contributed by atoms with Crippen molar-refractivity contribution in [3.8, 4) is 5.75 Å². The van der Waals surface area contributed by atoms with Crippen LogP contribution in [0.4, 0.5) is 0 Å². The van der Waals surface area contributed by atoms with Crippen LogP contribution >= 0.6 is 0 Å². The van der Waals surface area contributed by atoms with E-state index in [9.17, 15) is 8.42 Å². The molecule has 0 fully saturated rings. The molecule has 1 heterocycles. The first-order valence-electron chi connectivity index (χ1n) is 6.21. The maximum atomic E-state index is 12.1. The predicted octanol–water partition coefficient (Wildman–Crippen LogP) is 1.46. The Morgan fingerprint density at radius 2 is 2.20 bits per heavy atom. The number of methoxy groups -OCH3 is 1. The highest BCUT2D eigenvalue weighted by atomic mass is 32.2. The van der Waals surface area contributed by atoms with E-state index in [1.807, 2.05) is 19.1 Å². The van der Waals surface area contributed by atoms with Gasteiger partial charge in [-0.15, -0.1) is 0 Å². The lowest BCUT2D eigenvalue weighted by atomic mass is 10.2. The summed E-state index contributed by atoms with van der Waals surface area (Å²) in [6, 6.07) is 7.23. The van der Waals surface area contributed by atoms with E-state index in [0.717, 1.165) is 5.56 Å². The van der Waals surface area contributed by atoms with Gasteiger partial charge in [0.25, 0.3) is 10.0 Å². The van der Waals surface area contributed by atoms with Gasteiger partial charge < -0.3 is 9.72 Å². The fourth-order valence-electron chi connectivity index (χ4n) is 1.70. The molecule has 1 aromatic heterocycles. The molecule has 0 saturated heterocycles. The second-order valence-electron chi connectivity index (χ2n) is 4.22. The molecule has 0 spiro atoms. The number of H-pyrrole nitrogens is 1. The zero-order chi connectivity index (χ0) is 14.6. The molecule has 0 saturated carbocycles. The average Bonchev–Trinajstić information content (AvgIpc) is 2.95. The van der Waals surface area contributed by atoms with Crippen LogP contribution in [0, 0.1) is 0 Å². The third-order valence-electron chi connectivity index (χ3n) is 2.83. The van der Waals surface area contributed by atoms with Crippen molar-refractivity contribution in [1.82, 2.24) is 14.7 Å². The Kier molecular flexibility index (Phi) is 4.41. The monoisotopic (exact) mass is 295 g/mol. The van der Waals surface area contributed by atoms with Crippen LogP contribution in [0.2, 0.25) is 0 Å². The molecule has 6 nitrogen and oxygen atoms in total. The molecule has 0 amide bonds. The summed E-state index contributed by atoms with van der Waals surface area (Å²) in [6.45, 7) is 2.10. The van der Waals surface area contributed by atoms with Crippen LogP contribution in [0.25, 0.3) is 0 Å². The van der Waals surface area contributed by atoms with Gasteiger partial charge in [-0.05, 0) is 17.7 Å². The summed E-state index contributed by atoms with van der Waals surface area (Å²) in [5, 5.41) is 0.0808. The zero-order valence-electron chi connectivity index (χ0n) is 11.4. The van der Waals surface area contributed by atoms with Crippen LogP contribution in [0.1, 0.15) is 18.3 Å². The third-order valence-corrected chi connectivity index (χ3v) is 4.14. The molecule has 0 radical (unpaired) electrons. The molecule has 108 valence electrons. The van der Waals surface area contributed by atoms with Crippen molar-refractivity contribution in [2.24, 2.45) is 0 Å². The minimum absolute atomic E-state index is 0.0808. The molecular formula is C13H17N3O3S. The summed E-state index contributed by atoms with van der Waals surface area (Å²) < 4.78 is 31.8. The minimum Gasteiger partial charge on any atom is -0.497 e. The Hall–Kier alpha value is -1.86. The Bertz CT molecular complexity index is 680. The second-order valence-corrected chi connectivity index (χ2v) is 5.96. The molecule has 7 heteroatoms. The molecule has 0 aliphatic rings. The number of aromatic amines is 1. The molecule has 2 N–H and O–H groups in total. The van der Waals surface area contributed by atoms with Gasteiger partial charge in [0, 0.05) is 13.0 Å². The third kappa shape index (κ3) is 3.37. The van der Waals surface area contributed by atoms with E-state index in [2.05, 4.69) is 14.7 Å². The molecule has 0 aliphatic carbocycles. The maximum Gasteiger partial charge on any atom is 0.257 e. The molecule has 2 aromatic rings. The number of hydrogen-bond donors (Lipinski definition) is 2. The summed E-state index contributed by atoms with van der Waals surface area (Å²) in [6.07, 6.45) is 1.98. The number of aryl methyl sites for hydroxylation is 1. The van der Waals surface area contributed by atoms with E-state index >= 15 is 0 Å². The van der Waals surface area contributed by atoms with Crippen molar-refractivity contribution in [1.29, 1.82) is 0 Å². The van der Waals surface area contributed by atoms with E-state index in [1.165, 1.54) is 6.20 Å². The van der Waals surface area contributed by atoms with Gasteiger partial charge in [-0.2, -0.15) is 0 Å². The van der Waals surface area contributed by atoms with Crippen molar-refractivity contribution < 1.29 is 13.2 Å². The van der Waals surface area contributed by atoms with Crippen LogP contribution in [0.3, 0.4) is 0 Å². The maximum absolute atomic E-state index is 12.1. The van der Waals surface area contributed by atoms with Gasteiger partial charge in [0.15, 0.2) is 5.03 Å². The van der Waals surface area contributed by atoms with Gasteiger partial charge in [-0.3, -0.25) is 0 Å². The number of sulfonamides is 1. The average molecular weight is 295 g/mol. The SMILES string of the molecule is CCc1ncc(S(=O)(=O)NCc2cccc(OC)c2)[nH]1. The van der Waals surface area contributed by atoms with E-state index < -0.39 is 10.0 Å². The smallest absolute Gasteiger partial charge is 0.257 e. The molecular weight excluding hydrogens is 278 g/mol. The van der Waals surface area contributed by atoms with Gasteiger partial charge in [-0.25, -0.2) is 18.1 Å². The minimum atomic E-state index is -3.58. The van der Waals surface area contributed by atoms with Crippen molar-refractivity contribution in [3.05, 3.63) is 41.9 Å². The highest BCUT2D eigenvalue weighted by Gasteiger charge is 2.16. The van der Waals surface area contributed by atoms with Gasteiger partial charge in [0.2, 0.25) is 0 Å². The highest BCUT2D eigenvalue weighted by Crippen LogP contribution is 2.13. The van der Waals surface area contributed by atoms with Crippen molar-refractivity contribution >= 4 is 10.0 Å². The first-order valence-corrected chi connectivity index (χ1v) is 7.70. The largest absolute Gasteiger partial charge is 0.497 e. The van der Waals surface area contributed by atoms with E-state index in [0.29, 0.717) is 18.0 Å². The number of rotatable bonds is 6. The topological polar surface area (TPSA) is 84.1 Å². The number of imidazole rings is 1. The molecule has 0 aliphatic heterocycles. The lowest BCUT2D eigenvalue weighted by Gasteiger charge is -2.06. The summed E-state index contributed by atoms with van der Waals surface area (Å²) in [7, 11) is -2.01. The number of nitrogens with one attached hydrogen (secondary N) is 2. The van der Waals surface area contributed by atoms with Gasteiger partial charge in [-0.1, -0.05) is 19.1 Å². The standard InChI is InChI=1S/C13H17N3O3S/c1-3-12-14-9-13(16-12)20(17,18)15-8-10-5-4-6-11(7-10)19-2/h4-7,9,15H,3,8H2,1-2H3,(H,14,16). The van der Waals surface area contributed by atoms with Crippen molar-refractivity contribution in [3.63, 3.8) is 0 Å². The fraction of sp³-hybridized carbons (Fsp3) is 0.308. The Balaban J connectivity index is 2.08. The summed E-state index contributed by atoms with van der Waals surface area (Å²) in [5.41, 5.74) is 0.822. The van der Waals surface area contributed by atoms with Gasteiger partial charge in [0.1, 0.15) is 11.6 Å². The number of hydrogen-bond acceptors (Lipinski definition) is 4. The van der Waals surface area contributed by atoms with Crippen molar-refractivity contribution in [2.45, 2.75) is 24.9 Å². The Labute approximate surface area is 118 Å². The van der Waals surface area contributed by atoms with E-state index in [1.54, 1.807) is 19.2 Å². The zero-order valence-corrected chi connectivity index (χ0v) is 12.2. The number of aromatic nitrogens is 2. The predicted molar refractivity (Wildman–Crippen MR) is 75.0 cm³/mol. The highest BCUT2D eigenvalue weighted by molar-refractivity contribution is 7.89. The Morgan fingerprint density at radius 3 is 2.85 bits per heavy atom. The first-order chi connectivity index (χ1) is 9.55. The fourth-order valence-corrected chi connectivity index (χ4v) is 2.65. The van der Waals surface area contributed by atoms with Crippen LogP contribution in [-0.2, 0) is 23.0 Å². The Morgan fingerprint density at radius 1 is 1.40 bits per heavy atom. The lowest BCUT2D eigenvalue weighted by molar-refractivity contribution is 0.414. The van der Waals surface area contributed by atoms with Crippen molar-refractivity contribution in [2.75, 3.05) is 7.11 Å². The van der Waals surface area contributed by atoms with E-state index in [-0.39, 0.29) is 11.6 Å². The number of nitrogens with zero attached hydrogens (tertiary/aromatic N) is 1. The van der Waals surface area contributed by atoms with Gasteiger partial charge >= 0.3 is 0 Å². The van der Waals surface area contributed by atoms with Crippen LogP contribution in [-0.4, -0.2) is 25.5 Å². The molecule has 0 unspecified atom stereocenters. The van der Waals surface area contributed by atoms with Crippen LogP contribution in [0.15, 0.2) is 35.5 Å².